The van der Waals surface area contributed by atoms with Gasteiger partial charge in [0.05, 0.1) is 0 Å². The summed E-state index contributed by atoms with van der Waals surface area (Å²) in [4.78, 5) is 2.62. The Hall–Kier alpha value is -0.860. The van der Waals surface area contributed by atoms with Crippen molar-refractivity contribution in [3.63, 3.8) is 0 Å². The molecular formula is C15H24N2. The van der Waals surface area contributed by atoms with E-state index in [1.807, 2.05) is 0 Å². The van der Waals surface area contributed by atoms with Crippen molar-refractivity contribution >= 4 is 0 Å². The largest absolute Gasteiger partial charge is 0.330 e. The van der Waals surface area contributed by atoms with Gasteiger partial charge in [-0.15, -0.1) is 0 Å². The molecule has 0 amide bonds. The van der Waals surface area contributed by atoms with Gasteiger partial charge in [0.15, 0.2) is 0 Å². The molecule has 0 aromatic heterocycles. The fraction of sp³-hybridized carbons (Fsp3) is 0.600. The maximum atomic E-state index is 5.63. The smallest absolute Gasteiger partial charge is 0.0239 e. The Bertz CT molecular complexity index is 345. The molecule has 1 aliphatic rings. The van der Waals surface area contributed by atoms with E-state index in [1.54, 1.807) is 0 Å². The van der Waals surface area contributed by atoms with Crippen molar-refractivity contribution < 1.29 is 0 Å². The van der Waals surface area contributed by atoms with Crippen LogP contribution in [0.25, 0.3) is 0 Å². The number of nitrogens with two attached hydrogens (primary N) is 1. The summed E-state index contributed by atoms with van der Waals surface area (Å²) in [6.07, 6.45) is 5.26. The van der Waals surface area contributed by atoms with E-state index in [9.17, 15) is 0 Å². The van der Waals surface area contributed by atoms with Gasteiger partial charge in [-0.25, -0.2) is 0 Å². The van der Waals surface area contributed by atoms with Gasteiger partial charge in [0, 0.05) is 12.6 Å². The molecule has 0 atom stereocenters. The highest BCUT2D eigenvalue weighted by atomic mass is 15.2. The Kier molecular flexibility index (Phi) is 4.57. The number of rotatable bonds is 6. The van der Waals surface area contributed by atoms with E-state index in [-0.39, 0.29) is 0 Å². The molecule has 0 aliphatic heterocycles. The fourth-order valence-corrected chi connectivity index (χ4v) is 2.44. The molecule has 17 heavy (non-hydrogen) atoms. The summed E-state index contributed by atoms with van der Waals surface area (Å²) in [5.41, 5.74) is 8.51. The average molecular weight is 232 g/mol. The van der Waals surface area contributed by atoms with Crippen LogP contribution >= 0.6 is 0 Å². The minimum absolute atomic E-state index is 0.803. The van der Waals surface area contributed by atoms with Crippen LogP contribution in [0.3, 0.4) is 0 Å². The fourth-order valence-electron chi connectivity index (χ4n) is 2.44. The summed E-state index contributed by atoms with van der Waals surface area (Å²) in [7, 11) is 0. The molecule has 2 N–H and O–H groups in total. The molecule has 1 saturated carbocycles. The van der Waals surface area contributed by atoms with Crippen molar-refractivity contribution in [1.82, 2.24) is 4.90 Å². The first kappa shape index (κ1) is 12.6. The van der Waals surface area contributed by atoms with Gasteiger partial charge in [-0.2, -0.15) is 0 Å². The summed E-state index contributed by atoms with van der Waals surface area (Å²) in [5, 5.41) is 0. The van der Waals surface area contributed by atoms with Crippen LogP contribution in [0.2, 0.25) is 0 Å². The standard InChI is InChI=1S/C15H24N2/c1-13-6-2-3-7-14(13)12-17(11-5-10-16)15-8-4-9-15/h2-3,6-7,15H,4-5,8-12,16H2,1H3. The monoisotopic (exact) mass is 232 g/mol. The van der Waals surface area contributed by atoms with Crippen LogP contribution in [0.15, 0.2) is 24.3 Å². The summed E-state index contributed by atoms with van der Waals surface area (Å²) in [5.74, 6) is 0. The molecule has 2 nitrogen and oxygen atoms in total. The predicted octanol–water partition coefficient (Wildman–Crippen LogP) is 2.70. The van der Waals surface area contributed by atoms with E-state index in [2.05, 4.69) is 36.1 Å². The predicted molar refractivity (Wildman–Crippen MR) is 72.9 cm³/mol. The van der Waals surface area contributed by atoms with Gasteiger partial charge in [0.25, 0.3) is 0 Å². The normalized spacial score (nSPS) is 16.2. The Labute approximate surface area is 105 Å². The SMILES string of the molecule is Cc1ccccc1CN(CCCN)C1CCC1. The zero-order valence-corrected chi connectivity index (χ0v) is 10.9. The Morgan fingerprint density at radius 2 is 2.06 bits per heavy atom. The van der Waals surface area contributed by atoms with Gasteiger partial charge in [0.2, 0.25) is 0 Å². The van der Waals surface area contributed by atoms with Crippen LogP contribution < -0.4 is 5.73 Å². The van der Waals surface area contributed by atoms with E-state index < -0.39 is 0 Å². The van der Waals surface area contributed by atoms with E-state index in [4.69, 9.17) is 5.73 Å². The van der Waals surface area contributed by atoms with Crippen LogP contribution in [0.4, 0.5) is 0 Å². The lowest BCUT2D eigenvalue weighted by molar-refractivity contribution is 0.118. The second-order valence-electron chi connectivity index (χ2n) is 5.12. The van der Waals surface area contributed by atoms with Crippen molar-refractivity contribution in [3.8, 4) is 0 Å². The summed E-state index contributed by atoms with van der Waals surface area (Å²) < 4.78 is 0. The summed E-state index contributed by atoms with van der Waals surface area (Å²) >= 11 is 0. The number of benzene rings is 1. The average Bonchev–Trinajstić information content (AvgIpc) is 2.26. The van der Waals surface area contributed by atoms with E-state index >= 15 is 0 Å². The van der Waals surface area contributed by atoms with Crippen molar-refractivity contribution in [3.05, 3.63) is 35.4 Å². The molecule has 2 rings (SSSR count). The molecule has 94 valence electrons. The molecule has 1 aromatic rings. The zero-order valence-electron chi connectivity index (χ0n) is 10.9. The Morgan fingerprint density at radius 1 is 1.29 bits per heavy atom. The number of nitrogens with zero attached hydrogens (tertiary/aromatic N) is 1. The third-order valence-electron chi connectivity index (χ3n) is 3.88. The molecule has 1 aromatic carbocycles. The second kappa shape index (κ2) is 6.18. The van der Waals surface area contributed by atoms with Gasteiger partial charge < -0.3 is 5.73 Å². The number of hydrogen-bond donors (Lipinski definition) is 1. The lowest BCUT2D eigenvalue weighted by Gasteiger charge is -2.38. The number of aryl methyl sites for hydroxylation is 1. The van der Waals surface area contributed by atoms with Crippen LogP contribution in [0.1, 0.15) is 36.8 Å². The van der Waals surface area contributed by atoms with Gasteiger partial charge in [-0.1, -0.05) is 30.7 Å². The van der Waals surface area contributed by atoms with Crippen molar-refractivity contribution in [2.45, 2.75) is 45.2 Å². The Balaban J connectivity index is 1.98. The minimum atomic E-state index is 0.803. The first-order valence-electron chi connectivity index (χ1n) is 6.80. The Morgan fingerprint density at radius 3 is 2.65 bits per heavy atom. The molecule has 1 aliphatic carbocycles. The highest BCUT2D eigenvalue weighted by Gasteiger charge is 2.24. The highest BCUT2D eigenvalue weighted by Crippen LogP contribution is 2.26. The highest BCUT2D eigenvalue weighted by molar-refractivity contribution is 5.25. The third kappa shape index (κ3) is 3.30. The summed E-state index contributed by atoms with van der Waals surface area (Å²) in [6.45, 7) is 5.25. The molecule has 0 spiro atoms. The maximum Gasteiger partial charge on any atom is 0.0239 e. The first-order chi connectivity index (χ1) is 8.31. The zero-order chi connectivity index (χ0) is 12.1. The maximum absolute atomic E-state index is 5.63. The van der Waals surface area contributed by atoms with E-state index in [0.29, 0.717) is 0 Å². The van der Waals surface area contributed by atoms with Crippen molar-refractivity contribution in [2.24, 2.45) is 5.73 Å². The molecule has 0 unspecified atom stereocenters. The van der Waals surface area contributed by atoms with E-state index in [0.717, 1.165) is 32.1 Å². The van der Waals surface area contributed by atoms with Gasteiger partial charge in [0.1, 0.15) is 0 Å². The minimum Gasteiger partial charge on any atom is -0.330 e. The lowest BCUT2D eigenvalue weighted by atomic mass is 9.90. The van der Waals surface area contributed by atoms with Gasteiger partial charge in [-0.05, 0) is 50.4 Å². The second-order valence-corrected chi connectivity index (χ2v) is 5.12. The van der Waals surface area contributed by atoms with Crippen LogP contribution in [-0.2, 0) is 6.54 Å². The molecule has 0 heterocycles. The van der Waals surface area contributed by atoms with E-state index in [1.165, 1.54) is 30.4 Å². The number of hydrogen-bond acceptors (Lipinski definition) is 2. The van der Waals surface area contributed by atoms with Crippen LogP contribution in [0, 0.1) is 6.92 Å². The lowest BCUT2D eigenvalue weighted by Crippen LogP contribution is -2.40. The van der Waals surface area contributed by atoms with Gasteiger partial charge >= 0.3 is 0 Å². The first-order valence-corrected chi connectivity index (χ1v) is 6.80. The molecular weight excluding hydrogens is 208 g/mol. The molecule has 0 bridgehead atoms. The molecule has 0 saturated heterocycles. The topological polar surface area (TPSA) is 29.3 Å². The van der Waals surface area contributed by atoms with Crippen LogP contribution in [0.5, 0.6) is 0 Å². The van der Waals surface area contributed by atoms with Gasteiger partial charge in [-0.3, -0.25) is 4.90 Å². The molecule has 1 fully saturated rings. The molecule has 2 heteroatoms. The third-order valence-corrected chi connectivity index (χ3v) is 3.88. The van der Waals surface area contributed by atoms with Crippen LogP contribution in [-0.4, -0.2) is 24.0 Å². The quantitative estimate of drug-likeness (QED) is 0.817. The summed E-state index contributed by atoms with van der Waals surface area (Å²) in [6, 6.07) is 9.53. The van der Waals surface area contributed by atoms with Crippen molar-refractivity contribution in [2.75, 3.05) is 13.1 Å². The molecule has 0 radical (unpaired) electrons. The van der Waals surface area contributed by atoms with Crippen molar-refractivity contribution in [1.29, 1.82) is 0 Å².